The first-order valence-electron chi connectivity index (χ1n) is 12.1. The Morgan fingerprint density at radius 2 is 1.28 bits per heavy atom. The average molecular weight is 546 g/mol. The van der Waals surface area contributed by atoms with E-state index in [2.05, 4.69) is 5.32 Å². The third-order valence-corrected chi connectivity index (χ3v) is 7.68. The SMILES string of the molecule is O=C(N[C@@H](Cc1ccc(O)cc1S(=O)(=O)c1ccccc1)C(=O)OCc1ccccc1)OCc1ccccc1. The average Bonchev–Trinajstić information content (AvgIpc) is 2.96. The van der Waals surface area contributed by atoms with Gasteiger partial charge in [-0.05, 0) is 41.0 Å². The minimum atomic E-state index is -4.05. The van der Waals surface area contributed by atoms with Gasteiger partial charge in [0.25, 0.3) is 0 Å². The molecule has 0 saturated heterocycles. The summed E-state index contributed by atoms with van der Waals surface area (Å²) in [7, 11) is -4.05. The molecule has 9 heteroatoms. The van der Waals surface area contributed by atoms with Crippen LogP contribution in [0.1, 0.15) is 16.7 Å². The van der Waals surface area contributed by atoms with Crippen LogP contribution in [-0.4, -0.2) is 31.6 Å². The molecule has 39 heavy (non-hydrogen) atoms. The molecule has 0 aliphatic carbocycles. The van der Waals surface area contributed by atoms with E-state index in [-0.39, 0.29) is 40.7 Å². The van der Waals surface area contributed by atoms with E-state index in [9.17, 15) is 23.1 Å². The van der Waals surface area contributed by atoms with Gasteiger partial charge in [-0.2, -0.15) is 0 Å². The summed E-state index contributed by atoms with van der Waals surface area (Å²) in [5.41, 5.74) is 1.71. The number of phenols is 1. The number of alkyl carbamates (subject to hydrolysis) is 1. The lowest BCUT2D eigenvalue weighted by Gasteiger charge is -2.20. The van der Waals surface area contributed by atoms with Gasteiger partial charge in [0.15, 0.2) is 0 Å². The molecule has 0 unspecified atom stereocenters. The lowest BCUT2D eigenvalue weighted by atomic mass is 10.1. The van der Waals surface area contributed by atoms with E-state index < -0.39 is 27.9 Å². The Balaban J connectivity index is 1.58. The molecule has 0 aliphatic heterocycles. The number of aromatic hydroxyl groups is 1. The molecule has 1 atom stereocenters. The van der Waals surface area contributed by atoms with Crippen molar-refractivity contribution < 1.29 is 32.6 Å². The quantitative estimate of drug-likeness (QED) is 0.275. The zero-order chi connectivity index (χ0) is 27.7. The molecule has 0 aliphatic rings. The zero-order valence-electron chi connectivity index (χ0n) is 20.9. The third kappa shape index (κ3) is 7.45. The van der Waals surface area contributed by atoms with E-state index in [0.717, 1.165) is 17.2 Å². The third-order valence-electron chi connectivity index (χ3n) is 5.83. The summed E-state index contributed by atoms with van der Waals surface area (Å²) >= 11 is 0. The van der Waals surface area contributed by atoms with Gasteiger partial charge >= 0.3 is 12.1 Å². The number of amides is 1. The van der Waals surface area contributed by atoms with Crippen LogP contribution in [0.3, 0.4) is 0 Å². The van der Waals surface area contributed by atoms with Gasteiger partial charge < -0.3 is 19.9 Å². The molecule has 0 bridgehead atoms. The Bertz CT molecular complexity index is 1510. The Hall–Kier alpha value is -4.63. The van der Waals surface area contributed by atoms with E-state index in [1.54, 1.807) is 66.7 Å². The second-order valence-electron chi connectivity index (χ2n) is 8.66. The number of hydrogen-bond donors (Lipinski definition) is 2. The van der Waals surface area contributed by atoms with E-state index in [0.29, 0.717) is 0 Å². The van der Waals surface area contributed by atoms with Crippen LogP contribution in [-0.2, 0) is 43.7 Å². The number of carbonyl (C=O) groups excluding carboxylic acids is 2. The van der Waals surface area contributed by atoms with Crippen molar-refractivity contribution in [2.45, 2.75) is 35.5 Å². The van der Waals surface area contributed by atoms with Crippen LogP contribution in [0.5, 0.6) is 5.75 Å². The molecule has 1 amide bonds. The summed E-state index contributed by atoms with van der Waals surface area (Å²) < 4.78 is 37.6. The second kappa shape index (κ2) is 12.7. The van der Waals surface area contributed by atoms with Crippen LogP contribution in [0.4, 0.5) is 4.79 Å². The van der Waals surface area contributed by atoms with Gasteiger partial charge in [0.2, 0.25) is 9.84 Å². The van der Waals surface area contributed by atoms with Crippen LogP contribution >= 0.6 is 0 Å². The van der Waals surface area contributed by atoms with Gasteiger partial charge in [0.05, 0.1) is 9.79 Å². The highest BCUT2D eigenvalue weighted by Crippen LogP contribution is 2.28. The van der Waals surface area contributed by atoms with Gasteiger partial charge in [0.1, 0.15) is 25.0 Å². The number of rotatable bonds is 10. The molecule has 200 valence electrons. The molecule has 0 fully saturated rings. The maximum absolute atomic E-state index is 13.4. The smallest absolute Gasteiger partial charge is 0.408 e. The molecule has 2 N–H and O–H groups in total. The summed E-state index contributed by atoms with van der Waals surface area (Å²) in [5, 5.41) is 12.6. The normalized spacial score (nSPS) is 11.8. The fourth-order valence-corrected chi connectivity index (χ4v) is 5.38. The van der Waals surface area contributed by atoms with Crippen LogP contribution in [0.2, 0.25) is 0 Å². The number of sulfone groups is 1. The molecule has 0 saturated carbocycles. The van der Waals surface area contributed by atoms with E-state index >= 15 is 0 Å². The standard InChI is InChI=1S/C30H27NO7S/c32-25-17-16-24(28(19-25)39(35,36)26-14-8-3-9-15-26)18-27(29(33)37-20-22-10-4-1-5-11-22)31-30(34)38-21-23-12-6-2-7-13-23/h1-17,19,27,32H,18,20-21H2,(H,31,34)/t27-/m0/s1. The predicted octanol–water partition coefficient (Wildman–Crippen LogP) is 4.81. The van der Waals surface area contributed by atoms with Crippen molar-refractivity contribution in [1.29, 1.82) is 0 Å². The van der Waals surface area contributed by atoms with E-state index in [4.69, 9.17) is 9.47 Å². The molecule has 0 aromatic heterocycles. The monoisotopic (exact) mass is 545 g/mol. The highest BCUT2D eigenvalue weighted by Gasteiger charge is 2.28. The van der Waals surface area contributed by atoms with Gasteiger partial charge in [-0.3, -0.25) is 0 Å². The second-order valence-corrected chi connectivity index (χ2v) is 10.6. The number of ether oxygens (including phenoxy) is 2. The van der Waals surface area contributed by atoms with Gasteiger partial charge in [-0.1, -0.05) is 84.9 Å². The molecule has 8 nitrogen and oxygen atoms in total. The van der Waals surface area contributed by atoms with Crippen LogP contribution in [0.15, 0.2) is 119 Å². The first kappa shape index (κ1) is 27.4. The maximum atomic E-state index is 13.4. The molecule has 0 heterocycles. The van der Waals surface area contributed by atoms with Crippen molar-refractivity contribution in [2.75, 3.05) is 0 Å². The van der Waals surface area contributed by atoms with Gasteiger partial charge in [-0.15, -0.1) is 0 Å². The molecule has 0 radical (unpaired) electrons. The first-order chi connectivity index (χ1) is 18.8. The van der Waals surface area contributed by atoms with Crippen molar-refractivity contribution in [3.8, 4) is 5.75 Å². The summed E-state index contributed by atoms with van der Waals surface area (Å²) in [5.74, 6) is -1.03. The van der Waals surface area contributed by atoms with Gasteiger partial charge in [0, 0.05) is 6.42 Å². The Labute approximate surface area is 226 Å². The number of esters is 1. The fourth-order valence-electron chi connectivity index (χ4n) is 3.84. The van der Waals surface area contributed by atoms with Crippen LogP contribution < -0.4 is 5.32 Å². The largest absolute Gasteiger partial charge is 0.508 e. The van der Waals surface area contributed by atoms with Crippen molar-refractivity contribution in [2.24, 2.45) is 0 Å². The molecule has 4 aromatic rings. The molecular weight excluding hydrogens is 518 g/mol. The zero-order valence-corrected chi connectivity index (χ0v) is 21.7. The highest BCUT2D eigenvalue weighted by atomic mass is 32.2. The Morgan fingerprint density at radius 3 is 1.87 bits per heavy atom. The minimum absolute atomic E-state index is 0.0225. The lowest BCUT2D eigenvalue weighted by Crippen LogP contribution is -2.43. The summed E-state index contributed by atoms with van der Waals surface area (Å²) in [4.78, 5) is 25.6. The van der Waals surface area contributed by atoms with Crippen LogP contribution in [0, 0.1) is 0 Å². The lowest BCUT2D eigenvalue weighted by molar-refractivity contribution is -0.147. The summed E-state index contributed by atoms with van der Waals surface area (Å²) in [6, 6.07) is 28.3. The van der Waals surface area contributed by atoms with Crippen molar-refractivity contribution in [1.82, 2.24) is 5.32 Å². The fraction of sp³-hybridized carbons (Fsp3) is 0.133. The molecule has 0 spiro atoms. The number of phenolic OH excluding ortho intramolecular Hbond substituents is 1. The van der Waals surface area contributed by atoms with Crippen LogP contribution in [0.25, 0.3) is 0 Å². The number of hydrogen-bond acceptors (Lipinski definition) is 7. The minimum Gasteiger partial charge on any atom is -0.508 e. The van der Waals surface area contributed by atoms with Crippen molar-refractivity contribution in [3.05, 3.63) is 126 Å². The predicted molar refractivity (Wildman–Crippen MR) is 143 cm³/mol. The maximum Gasteiger partial charge on any atom is 0.408 e. The molecule has 4 aromatic carbocycles. The number of nitrogens with one attached hydrogen (secondary N) is 1. The number of carbonyl (C=O) groups is 2. The van der Waals surface area contributed by atoms with E-state index in [1.165, 1.54) is 24.3 Å². The molecule has 4 rings (SSSR count). The Morgan fingerprint density at radius 1 is 0.744 bits per heavy atom. The number of benzene rings is 4. The van der Waals surface area contributed by atoms with E-state index in [1.807, 2.05) is 12.1 Å². The van der Waals surface area contributed by atoms with Gasteiger partial charge in [-0.25, -0.2) is 18.0 Å². The topological polar surface area (TPSA) is 119 Å². The molecular formula is C30H27NO7S. The Kier molecular flexibility index (Phi) is 8.96. The summed E-state index contributed by atoms with van der Waals surface area (Å²) in [6.07, 6.45) is -1.10. The van der Waals surface area contributed by atoms with Crippen molar-refractivity contribution >= 4 is 21.9 Å². The highest BCUT2D eigenvalue weighted by molar-refractivity contribution is 7.91. The first-order valence-corrected chi connectivity index (χ1v) is 13.6. The van der Waals surface area contributed by atoms with Crippen molar-refractivity contribution in [3.63, 3.8) is 0 Å². The summed E-state index contributed by atoms with van der Waals surface area (Å²) in [6.45, 7) is -0.0625.